The van der Waals surface area contributed by atoms with E-state index in [9.17, 15) is 14.9 Å². The van der Waals surface area contributed by atoms with Gasteiger partial charge >= 0.3 is 0 Å². The normalized spacial score (nSPS) is 12.3. The quantitative estimate of drug-likeness (QED) is 0.660. The molecule has 1 aromatic rings. The van der Waals surface area contributed by atoms with Crippen molar-refractivity contribution in [1.82, 2.24) is 5.32 Å². The number of amides is 1. The molecule has 20 heavy (non-hydrogen) atoms. The van der Waals surface area contributed by atoms with Crippen LogP contribution >= 0.6 is 23.2 Å². The predicted octanol–water partition coefficient (Wildman–Crippen LogP) is 3.92. The number of hydrogen-bond acceptors (Lipinski definition) is 3. The molecule has 0 heterocycles. The fraction of sp³-hybridized carbons (Fsp3) is 0.462. The van der Waals surface area contributed by atoms with Crippen LogP contribution in [0.25, 0.3) is 0 Å². The summed E-state index contributed by atoms with van der Waals surface area (Å²) in [7, 11) is 0. The lowest BCUT2D eigenvalue weighted by Crippen LogP contribution is -2.30. The minimum absolute atomic E-state index is 0.0112. The maximum Gasteiger partial charge on any atom is 0.290 e. The molecule has 0 aliphatic rings. The number of nitro groups is 1. The lowest BCUT2D eigenvalue weighted by Gasteiger charge is -2.16. The van der Waals surface area contributed by atoms with Gasteiger partial charge in [-0.2, -0.15) is 0 Å². The summed E-state index contributed by atoms with van der Waals surface area (Å²) < 4.78 is 0. The second-order valence-corrected chi connectivity index (χ2v) is 5.76. The van der Waals surface area contributed by atoms with E-state index in [1.54, 1.807) is 0 Å². The largest absolute Gasteiger partial charge is 0.352 e. The molecule has 7 heteroatoms. The van der Waals surface area contributed by atoms with E-state index in [0.717, 1.165) is 6.07 Å². The SMILES string of the molecule is CC(C)C(C)CNC(=O)c1cc(Cl)c(Cl)c([N+](=O)[O-])c1. The number of carbonyl (C=O) groups is 1. The number of carbonyl (C=O) groups excluding carboxylic acids is 1. The first-order valence-electron chi connectivity index (χ1n) is 6.15. The topological polar surface area (TPSA) is 72.2 Å². The van der Waals surface area contributed by atoms with Gasteiger partial charge in [0.2, 0.25) is 0 Å². The number of benzene rings is 1. The molecule has 1 atom stereocenters. The molecule has 0 saturated carbocycles. The highest BCUT2D eigenvalue weighted by Crippen LogP contribution is 2.33. The van der Waals surface area contributed by atoms with Crippen LogP contribution in [0, 0.1) is 22.0 Å². The van der Waals surface area contributed by atoms with Crippen LogP contribution in [0.2, 0.25) is 10.0 Å². The van der Waals surface area contributed by atoms with Gasteiger partial charge in [-0.3, -0.25) is 14.9 Å². The number of rotatable bonds is 5. The Bertz CT molecular complexity index is 533. The first kappa shape index (κ1) is 16.7. The van der Waals surface area contributed by atoms with Gasteiger partial charge in [0.15, 0.2) is 0 Å². The van der Waals surface area contributed by atoms with Crippen LogP contribution < -0.4 is 5.32 Å². The molecule has 0 saturated heterocycles. The van der Waals surface area contributed by atoms with E-state index in [1.807, 2.05) is 6.92 Å². The summed E-state index contributed by atoms with van der Waals surface area (Å²) in [6.45, 7) is 6.62. The lowest BCUT2D eigenvalue weighted by molar-refractivity contribution is -0.384. The highest BCUT2D eigenvalue weighted by molar-refractivity contribution is 6.43. The summed E-state index contributed by atoms with van der Waals surface area (Å²) in [4.78, 5) is 22.1. The zero-order valence-electron chi connectivity index (χ0n) is 11.4. The molecule has 0 aliphatic heterocycles. The van der Waals surface area contributed by atoms with Crippen LogP contribution in [-0.2, 0) is 0 Å². The highest BCUT2D eigenvalue weighted by Gasteiger charge is 2.20. The maximum atomic E-state index is 12.0. The van der Waals surface area contributed by atoms with Crippen LogP contribution in [0.15, 0.2) is 12.1 Å². The first-order valence-corrected chi connectivity index (χ1v) is 6.91. The van der Waals surface area contributed by atoms with Crippen molar-refractivity contribution in [2.24, 2.45) is 11.8 Å². The van der Waals surface area contributed by atoms with Gasteiger partial charge in [-0.05, 0) is 17.9 Å². The van der Waals surface area contributed by atoms with E-state index in [2.05, 4.69) is 19.2 Å². The zero-order chi connectivity index (χ0) is 15.4. The summed E-state index contributed by atoms with van der Waals surface area (Å²) in [5, 5.41) is 13.4. The van der Waals surface area contributed by atoms with Crippen LogP contribution in [0.5, 0.6) is 0 Å². The molecule has 1 unspecified atom stereocenters. The molecule has 5 nitrogen and oxygen atoms in total. The number of nitrogens with zero attached hydrogens (tertiary/aromatic N) is 1. The Morgan fingerprint density at radius 2 is 1.95 bits per heavy atom. The molecule has 0 aliphatic carbocycles. The molecule has 0 bridgehead atoms. The second kappa shape index (κ2) is 6.90. The monoisotopic (exact) mass is 318 g/mol. The lowest BCUT2D eigenvalue weighted by atomic mass is 9.98. The molecule has 110 valence electrons. The first-order chi connectivity index (χ1) is 9.23. The van der Waals surface area contributed by atoms with E-state index >= 15 is 0 Å². The minimum atomic E-state index is -0.665. The Labute approximate surface area is 127 Å². The predicted molar refractivity (Wildman–Crippen MR) is 79.5 cm³/mol. The summed E-state index contributed by atoms with van der Waals surface area (Å²) in [6.07, 6.45) is 0. The van der Waals surface area contributed by atoms with Gasteiger partial charge in [-0.1, -0.05) is 44.0 Å². The molecule has 1 aromatic carbocycles. The van der Waals surface area contributed by atoms with E-state index in [-0.39, 0.29) is 21.3 Å². The van der Waals surface area contributed by atoms with Gasteiger partial charge in [0.1, 0.15) is 5.02 Å². The van der Waals surface area contributed by atoms with Crippen molar-refractivity contribution in [3.63, 3.8) is 0 Å². The van der Waals surface area contributed by atoms with Crippen molar-refractivity contribution in [2.45, 2.75) is 20.8 Å². The smallest absolute Gasteiger partial charge is 0.290 e. The van der Waals surface area contributed by atoms with Gasteiger partial charge < -0.3 is 5.32 Å². The van der Waals surface area contributed by atoms with E-state index in [4.69, 9.17) is 23.2 Å². The van der Waals surface area contributed by atoms with Crippen molar-refractivity contribution < 1.29 is 9.72 Å². The van der Waals surface area contributed by atoms with Crippen LogP contribution in [0.3, 0.4) is 0 Å². The molecule has 1 amide bonds. The highest BCUT2D eigenvalue weighted by atomic mass is 35.5. The third-order valence-corrected chi connectivity index (χ3v) is 3.98. The fourth-order valence-electron chi connectivity index (χ4n) is 1.43. The molecule has 0 radical (unpaired) electrons. The van der Waals surface area contributed by atoms with Crippen LogP contribution in [0.1, 0.15) is 31.1 Å². The minimum Gasteiger partial charge on any atom is -0.352 e. The summed E-state index contributed by atoms with van der Waals surface area (Å²) in [5.41, 5.74) is -0.247. The fourth-order valence-corrected chi connectivity index (χ4v) is 1.82. The number of nitro benzene ring substituents is 1. The number of nitrogens with one attached hydrogen (secondary N) is 1. The molecule has 0 fully saturated rings. The third kappa shape index (κ3) is 4.08. The molecule has 0 spiro atoms. The molecular formula is C13H16Cl2N2O3. The molecular weight excluding hydrogens is 303 g/mol. The Morgan fingerprint density at radius 1 is 1.35 bits per heavy atom. The Balaban J connectivity index is 2.91. The number of halogens is 2. The van der Waals surface area contributed by atoms with Gasteiger partial charge in [0.25, 0.3) is 11.6 Å². The Morgan fingerprint density at radius 3 is 2.45 bits per heavy atom. The van der Waals surface area contributed by atoms with Gasteiger partial charge in [0, 0.05) is 18.2 Å². The average molecular weight is 319 g/mol. The summed E-state index contributed by atoms with van der Waals surface area (Å²) in [6, 6.07) is 2.45. The van der Waals surface area contributed by atoms with Crippen molar-refractivity contribution in [3.05, 3.63) is 37.9 Å². The summed E-state index contributed by atoms with van der Waals surface area (Å²) in [5.74, 6) is 0.328. The third-order valence-electron chi connectivity index (χ3n) is 3.19. The zero-order valence-corrected chi connectivity index (χ0v) is 13.0. The standard InChI is InChI=1S/C13H16Cl2N2O3/c1-7(2)8(3)6-16-13(18)9-4-10(14)12(15)11(5-9)17(19)20/h4-5,7-8H,6H2,1-3H3,(H,16,18). The molecule has 0 aromatic heterocycles. The van der Waals surface area contributed by atoms with Crippen molar-refractivity contribution in [1.29, 1.82) is 0 Å². The maximum absolute atomic E-state index is 12.0. The van der Waals surface area contributed by atoms with E-state index < -0.39 is 10.8 Å². The average Bonchev–Trinajstić information content (AvgIpc) is 2.37. The van der Waals surface area contributed by atoms with Gasteiger partial charge in [0.05, 0.1) is 9.95 Å². The van der Waals surface area contributed by atoms with Gasteiger partial charge in [-0.25, -0.2) is 0 Å². The van der Waals surface area contributed by atoms with Crippen molar-refractivity contribution >= 4 is 34.8 Å². The Hall–Kier alpha value is -1.33. The van der Waals surface area contributed by atoms with Crippen molar-refractivity contribution in [3.8, 4) is 0 Å². The Kier molecular flexibility index (Phi) is 5.77. The van der Waals surface area contributed by atoms with E-state index in [1.165, 1.54) is 6.07 Å². The molecule has 1 rings (SSSR count). The van der Waals surface area contributed by atoms with Crippen LogP contribution in [0.4, 0.5) is 5.69 Å². The van der Waals surface area contributed by atoms with Gasteiger partial charge in [-0.15, -0.1) is 0 Å². The van der Waals surface area contributed by atoms with E-state index in [0.29, 0.717) is 18.4 Å². The van der Waals surface area contributed by atoms with Crippen molar-refractivity contribution in [2.75, 3.05) is 6.54 Å². The second-order valence-electron chi connectivity index (χ2n) is 4.98. The number of hydrogen-bond donors (Lipinski definition) is 1. The molecule has 1 N–H and O–H groups in total. The summed E-state index contributed by atoms with van der Waals surface area (Å²) >= 11 is 11.5. The van der Waals surface area contributed by atoms with Crippen LogP contribution in [-0.4, -0.2) is 17.4 Å².